The molecule has 1 saturated carbocycles. The molecule has 3 N–H and O–H groups in total. The number of nitrogens with zero attached hydrogens (tertiary/aromatic N) is 7. The van der Waals surface area contributed by atoms with Crippen molar-refractivity contribution >= 4 is 38.8 Å². The van der Waals surface area contributed by atoms with Crippen LogP contribution in [-0.2, 0) is 27.5 Å². The van der Waals surface area contributed by atoms with E-state index in [-0.39, 0.29) is 17.6 Å². The first kappa shape index (κ1) is 41.4. The summed E-state index contributed by atoms with van der Waals surface area (Å²) in [5.74, 6) is -0.157. The molecular formula is C46H47FN10O6S. The number of rotatable bonds is 10. The zero-order valence-corrected chi connectivity index (χ0v) is 36.8. The molecule has 3 aromatic carbocycles. The van der Waals surface area contributed by atoms with E-state index < -0.39 is 33.8 Å². The molecule has 6 heterocycles. The zero-order valence-electron chi connectivity index (χ0n) is 36.0. The summed E-state index contributed by atoms with van der Waals surface area (Å²) in [4.78, 5) is 47.6. The third-order valence-corrected chi connectivity index (χ3v) is 14.5. The number of anilines is 1. The van der Waals surface area contributed by atoms with Gasteiger partial charge in [-0.05, 0) is 117 Å². The molecule has 7 aromatic rings. The van der Waals surface area contributed by atoms with E-state index in [1.807, 2.05) is 17.6 Å². The molecule has 1 unspecified atom stereocenters. The topological polar surface area (TPSA) is 191 Å². The van der Waals surface area contributed by atoms with Gasteiger partial charge in [-0.1, -0.05) is 18.1 Å². The van der Waals surface area contributed by atoms with Crippen LogP contribution in [0.3, 0.4) is 0 Å². The second-order valence-electron chi connectivity index (χ2n) is 17.1. The summed E-state index contributed by atoms with van der Waals surface area (Å²) >= 11 is 0. The fourth-order valence-electron chi connectivity index (χ4n) is 10.1. The number of imidazole rings is 1. The SMILES string of the molecule is CNc1cc(-n2ccn(-c3c4c(nn3-c3cc(C)c(F)c(C)c3)CCN(C(=O)c3cc5cc(C6CCOCC6)ccc5n3[C@@]3(c5noc(=O)[nH]5)C[C@@H]3C)[C@H]4C)c2=O)ccc1S(=O)C=N. The van der Waals surface area contributed by atoms with Crippen molar-refractivity contribution in [2.45, 2.75) is 75.8 Å². The second kappa shape index (κ2) is 15.5. The maximum atomic E-state index is 15.5. The summed E-state index contributed by atoms with van der Waals surface area (Å²) in [5, 5.41) is 20.7. The van der Waals surface area contributed by atoms with Crippen molar-refractivity contribution in [1.82, 2.24) is 38.5 Å². The Bertz CT molecular complexity index is 3160. The van der Waals surface area contributed by atoms with E-state index in [0.29, 0.717) is 100 Å². The Morgan fingerprint density at radius 2 is 1.75 bits per heavy atom. The Kier molecular flexibility index (Phi) is 10.0. The monoisotopic (exact) mass is 886 g/mol. The first-order valence-corrected chi connectivity index (χ1v) is 22.6. The summed E-state index contributed by atoms with van der Waals surface area (Å²) < 4.78 is 45.0. The number of ether oxygens (including phenoxy) is 1. The minimum atomic E-state index is -1.68. The van der Waals surface area contributed by atoms with Crippen LogP contribution >= 0.6 is 0 Å². The number of nitrogens with one attached hydrogen (secondary N) is 3. The van der Waals surface area contributed by atoms with Crippen LogP contribution in [0.1, 0.15) is 89.3 Å². The first-order chi connectivity index (χ1) is 30.8. The number of hydrogen-bond donors (Lipinski definition) is 3. The molecule has 0 spiro atoms. The molecule has 1 amide bonds. The lowest BCUT2D eigenvalue weighted by atomic mass is 9.91. The van der Waals surface area contributed by atoms with E-state index in [2.05, 4.69) is 40.6 Å². The smallest absolute Gasteiger partial charge is 0.387 e. The van der Waals surface area contributed by atoms with E-state index in [4.69, 9.17) is 19.8 Å². The van der Waals surface area contributed by atoms with Gasteiger partial charge in [-0.15, -0.1) is 0 Å². The van der Waals surface area contributed by atoms with Crippen molar-refractivity contribution in [2.24, 2.45) is 5.92 Å². The molecule has 10 rings (SSSR count). The lowest BCUT2D eigenvalue weighted by molar-refractivity contribution is 0.0663. The molecule has 3 aliphatic rings. The largest absolute Gasteiger partial charge is 0.438 e. The van der Waals surface area contributed by atoms with Crippen LogP contribution < -0.4 is 16.8 Å². The van der Waals surface area contributed by atoms with Crippen LogP contribution in [-0.4, -0.2) is 81.0 Å². The van der Waals surface area contributed by atoms with Gasteiger partial charge in [-0.25, -0.2) is 22.9 Å². The predicted octanol–water partition coefficient (Wildman–Crippen LogP) is 6.39. The van der Waals surface area contributed by atoms with E-state index in [1.54, 1.807) is 73.2 Å². The zero-order chi connectivity index (χ0) is 44.8. The van der Waals surface area contributed by atoms with Gasteiger partial charge in [0.05, 0.1) is 50.0 Å². The number of benzene rings is 3. The number of carbonyl (C=O) groups is 1. The number of halogens is 1. The van der Waals surface area contributed by atoms with Crippen LogP contribution in [0.5, 0.6) is 0 Å². The molecule has 1 saturated heterocycles. The van der Waals surface area contributed by atoms with Crippen LogP contribution in [0.25, 0.3) is 28.1 Å². The average Bonchev–Trinajstić information content (AvgIpc) is 3.80. The Balaban J connectivity index is 1.12. The maximum absolute atomic E-state index is 15.5. The molecule has 64 heavy (non-hydrogen) atoms. The number of fused-ring (bicyclic) bond motifs is 2. The number of carbonyl (C=O) groups excluding carboxylic acids is 1. The number of aryl methyl sites for hydroxylation is 2. The van der Waals surface area contributed by atoms with Gasteiger partial charge < -0.3 is 19.5 Å². The molecule has 16 nitrogen and oxygen atoms in total. The average molecular weight is 887 g/mol. The second-order valence-corrected chi connectivity index (χ2v) is 18.4. The molecule has 330 valence electrons. The summed E-state index contributed by atoms with van der Waals surface area (Å²) in [6.07, 6.45) is 6.06. The van der Waals surface area contributed by atoms with Gasteiger partial charge in [-0.3, -0.25) is 28.8 Å². The first-order valence-electron chi connectivity index (χ1n) is 21.4. The Morgan fingerprint density at radius 3 is 2.42 bits per heavy atom. The number of H-pyrrole nitrogens is 1. The summed E-state index contributed by atoms with van der Waals surface area (Å²) in [5.41, 5.74) is 5.72. The van der Waals surface area contributed by atoms with Crippen molar-refractivity contribution in [1.29, 1.82) is 5.41 Å². The molecule has 2 aliphatic heterocycles. The third-order valence-electron chi connectivity index (χ3n) is 13.5. The predicted molar refractivity (Wildman–Crippen MR) is 239 cm³/mol. The Labute approximate surface area is 368 Å². The molecule has 0 radical (unpaired) electrons. The molecule has 4 atom stereocenters. The normalized spacial score (nSPS) is 20.4. The Hall–Kier alpha value is -6.66. The molecule has 0 bridgehead atoms. The summed E-state index contributed by atoms with van der Waals surface area (Å²) in [7, 11) is -0.00569. The van der Waals surface area contributed by atoms with Crippen LogP contribution in [0.4, 0.5) is 10.1 Å². The van der Waals surface area contributed by atoms with Gasteiger partial charge in [0.2, 0.25) is 0 Å². The standard InChI is InChI=1S/C46H47FN10O6S/c1-25-18-33(19-26(2)40(25)47)57-41(55-15-14-54(45(55)60)32-7-9-38(64(61)24-48)35(22-32)49-5)39-28(4)53(13-10-34(39)51-57)42(58)37-21-31-20-30(29-11-16-62-17-12-29)6-8-36(31)56(37)46(23-27(46)3)43-50-44(59)63-52-43/h6-9,14-15,18-22,24,27-29,48-49H,10-13,16-17,23H2,1-5H3,(H,50,52,59)/t27-,28-,46-,64?/m0/s1. The summed E-state index contributed by atoms with van der Waals surface area (Å²) in [6.45, 7) is 9.06. The highest BCUT2D eigenvalue weighted by Gasteiger charge is 2.59. The van der Waals surface area contributed by atoms with E-state index in [9.17, 15) is 13.8 Å². The van der Waals surface area contributed by atoms with Crippen LogP contribution in [0.2, 0.25) is 0 Å². The van der Waals surface area contributed by atoms with Gasteiger partial charge in [0.1, 0.15) is 22.9 Å². The maximum Gasteiger partial charge on any atom is 0.438 e. The Morgan fingerprint density at radius 1 is 1.02 bits per heavy atom. The van der Waals surface area contributed by atoms with Crippen molar-refractivity contribution in [2.75, 3.05) is 32.1 Å². The number of amides is 1. The number of hydrogen-bond acceptors (Lipinski definition) is 10. The fraction of sp³-hybridized carbons (Fsp3) is 0.348. The van der Waals surface area contributed by atoms with Gasteiger partial charge in [-0.2, -0.15) is 5.10 Å². The minimum Gasteiger partial charge on any atom is -0.387 e. The number of aromatic amines is 1. The lowest BCUT2D eigenvalue weighted by Crippen LogP contribution is -2.41. The molecule has 2 fully saturated rings. The quantitative estimate of drug-likeness (QED) is 0.103. The van der Waals surface area contributed by atoms with Crippen molar-refractivity contribution in [3.8, 4) is 17.2 Å². The summed E-state index contributed by atoms with van der Waals surface area (Å²) in [6, 6.07) is 16.0. The van der Waals surface area contributed by atoms with Crippen LogP contribution in [0, 0.1) is 31.0 Å². The van der Waals surface area contributed by atoms with E-state index in [1.165, 1.54) is 14.7 Å². The number of aromatic nitrogens is 7. The van der Waals surface area contributed by atoms with Gasteiger partial charge in [0, 0.05) is 62.1 Å². The van der Waals surface area contributed by atoms with Gasteiger partial charge >= 0.3 is 11.4 Å². The van der Waals surface area contributed by atoms with Gasteiger partial charge in [0.25, 0.3) is 5.91 Å². The lowest BCUT2D eigenvalue weighted by Gasteiger charge is -2.34. The van der Waals surface area contributed by atoms with Crippen molar-refractivity contribution in [3.63, 3.8) is 0 Å². The molecule has 1 aliphatic carbocycles. The fourth-order valence-corrected chi connectivity index (χ4v) is 10.8. The highest BCUT2D eigenvalue weighted by molar-refractivity contribution is 7.98. The van der Waals surface area contributed by atoms with Crippen molar-refractivity contribution < 1.29 is 22.7 Å². The molecule has 18 heteroatoms. The highest BCUT2D eigenvalue weighted by atomic mass is 32.2. The highest BCUT2D eigenvalue weighted by Crippen LogP contribution is 2.56. The van der Waals surface area contributed by atoms with Crippen molar-refractivity contribution in [3.05, 3.63) is 133 Å². The minimum absolute atomic E-state index is 0.0119. The molecule has 4 aromatic heterocycles. The van der Waals surface area contributed by atoms with Gasteiger partial charge in [0.15, 0.2) is 5.82 Å². The van der Waals surface area contributed by atoms with Crippen LogP contribution in [0.15, 0.2) is 86.0 Å². The van der Waals surface area contributed by atoms with E-state index >= 15 is 9.18 Å². The van der Waals surface area contributed by atoms with E-state index in [0.717, 1.165) is 29.3 Å². The molecular weight excluding hydrogens is 840 g/mol. The third kappa shape index (κ3) is 6.44.